The Kier molecular flexibility index (Phi) is 11.1. The highest BCUT2D eigenvalue weighted by molar-refractivity contribution is 5.98. The number of hydrogen-bond donors (Lipinski definition) is 7. The highest BCUT2D eigenvalue weighted by Gasteiger charge is 2.20. The Hall–Kier alpha value is -4.24. The molecule has 0 heterocycles. The van der Waals surface area contributed by atoms with Gasteiger partial charge in [-0.1, -0.05) is 11.8 Å². The van der Waals surface area contributed by atoms with Crippen LogP contribution in [0.2, 0.25) is 0 Å². The van der Waals surface area contributed by atoms with Gasteiger partial charge in [0.25, 0.3) is 17.7 Å². The van der Waals surface area contributed by atoms with Crippen LogP contribution in [-0.4, -0.2) is 59.2 Å². The number of benzene rings is 2. The van der Waals surface area contributed by atoms with E-state index >= 15 is 0 Å². The van der Waals surface area contributed by atoms with Crippen LogP contribution < -0.4 is 27.6 Å². The molecule has 2 aromatic rings. The van der Waals surface area contributed by atoms with Gasteiger partial charge in [-0.05, 0) is 74.3 Å². The highest BCUT2D eigenvalue weighted by atomic mass is 16.5. The van der Waals surface area contributed by atoms with Gasteiger partial charge in [0, 0.05) is 28.8 Å². The van der Waals surface area contributed by atoms with Gasteiger partial charge in [0.2, 0.25) is 0 Å². The zero-order chi connectivity index (χ0) is 26.5. The molecule has 11 nitrogen and oxygen atoms in total. The quantitative estimate of drug-likeness (QED) is 0.0975. The lowest BCUT2D eigenvalue weighted by Crippen LogP contribution is -2.50. The van der Waals surface area contributed by atoms with Crippen molar-refractivity contribution in [2.75, 3.05) is 13.1 Å². The van der Waals surface area contributed by atoms with Gasteiger partial charge in [-0.25, -0.2) is 10.3 Å². The van der Waals surface area contributed by atoms with Gasteiger partial charge in [-0.15, -0.1) is 0 Å². The van der Waals surface area contributed by atoms with Crippen LogP contribution in [0.4, 0.5) is 0 Å². The maximum Gasteiger partial charge on any atom is 0.326 e. The first-order chi connectivity index (χ1) is 17.3. The summed E-state index contributed by atoms with van der Waals surface area (Å²) in [5.74, 6) is 2.95. The predicted octanol–water partition coefficient (Wildman–Crippen LogP) is -0.0391. The minimum absolute atomic E-state index is 0.183. The molecule has 2 aromatic carbocycles. The summed E-state index contributed by atoms with van der Waals surface area (Å²) < 4.78 is 0. The largest absolute Gasteiger partial charge is 0.480 e. The second-order valence-electron chi connectivity index (χ2n) is 7.79. The summed E-state index contributed by atoms with van der Waals surface area (Å²) in [6.07, 6.45) is 1.58. The van der Waals surface area contributed by atoms with Crippen molar-refractivity contribution in [3.63, 3.8) is 0 Å². The molecule has 11 heteroatoms. The first-order valence-electron chi connectivity index (χ1n) is 11.2. The summed E-state index contributed by atoms with van der Waals surface area (Å²) in [6, 6.07) is 10.7. The standard InChI is InChI=1S/C25H29N5O6/c26-14-2-1-3-20(25(34)35)28-22(31)18-10-6-16(7-11-18)4-5-17-8-12-19(13-9-17)23(32)29-21(15-27)24(33)30-36/h6-13,20-21,36H,1-3,14-15,26-27H2,(H,28,31)(H,29,32)(H,30,33)(H,34,35)/t20-,21-/m0/s1. The maximum atomic E-state index is 12.4. The first kappa shape index (κ1) is 28.0. The number of carboxylic acids is 1. The number of hydrogen-bond acceptors (Lipinski definition) is 7. The summed E-state index contributed by atoms with van der Waals surface area (Å²) in [5.41, 5.74) is 14.1. The van der Waals surface area contributed by atoms with Crippen molar-refractivity contribution in [3.8, 4) is 11.8 Å². The fourth-order valence-electron chi connectivity index (χ4n) is 3.10. The minimum atomic E-state index is -1.10. The molecule has 0 aliphatic heterocycles. The lowest BCUT2D eigenvalue weighted by atomic mass is 10.1. The van der Waals surface area contributed by atoms with Gasteiger partial charge < -0.3 is 27.2 Å². The zero-order valence-corrected chi connectivity index (χ0v) is 19.5. The van der Waals surface area contributed by atoms with Crippen molar-refractivity contribution >= 4 is 23.7 Å². The lowest BCUT2D eigenvalue weighted by Gasteiger charge is -2.14. The molecule has 0 radical (unpaired) electrons. The fourth-order valence-corrected chi connectivity index (χ4v) is 3.10. The summed E-state index contributed by atoms with van der Waals surface area (Å²) in [7, 11) is 0. The van der Waals surface area contributed by atoms with E-state index in [1.165, 1.54) is 17.6 Å². The van der Waals surface area contributed by atoms with Crippen LogP contribution in [0.5, 0.6) is 0 Å². The molecule has 0 aliphatic rings. The molecular weight excluding hydrogens is 466 g/mol. The van der Waals surface area contributed by atoms with Crippen molar-refractivity contribution in [3.05, 3.63) is 70.8 Å². The number of carbonyl (C=O) groups excluding carboxylic acids is 3. The van der Waals surface area contributed by atoms with Crippen LogP contribution in [0.25, 0.3) is 0 Å². The van der Waals surface area contributed by atoms with E-state index in [-0.39, 0.29) is 12.1 Å². The van der Waals surface area contributed by atoms with Crippen LogP contribution >= 0.6 is 0 Å². The summed E-state index contributed by atoms with van der Waals surface area (Å²) in [5, 5.41) is 22.9. The molecule has 0 saturated heterocycles. The van der Waals surface area contributed by atoms with Crippen LogP contribution in [0.15, 0.2) is 48.5 Å². The normalized spacial score (nSPS) is 11.9. The van der Waals surface area contributed by atoms with E-state index < -0.39 is 35.8 Å². The molecule has 9 N–H and O–H groups in total. The lowest BCUT2D eigenvalue weighted by molar-refractivity contribution is -0.139. The number of carboxylic acid groups (broad SMARTS) is 1. The van der Waals surface area contributed by atoms with Crippen LogP contribution in [0.1, 0.15) is 51.1 Å². The minimum Gasteiger partial charge on any atom is -0.480 e. The fraction of sp³-hybridized carbons (Fsp3) is 0.280. The zero-order valence-electron chi connectivity index (χ0n) is 19.5. The van der Waals surface area contributed by atoms with E-state index in [9.17, 15) is 24.3 Å². The average molecular weight is 496 g/mol. The Balaban J connectivity index is 1.99. The van der Waals surface area contributed by atoms with E-state index in [4.69, 9.17) is 16.7 Å². The van der Waals surface area contributed by atoms with Gasteiger partial charge in [0.15, 0.2) is 0 Å². The van der Waals surface area contributed by atoms with E-state index in [1.807, 2.05) is 0 Å². The number of unbranched alkanes of at least 4 members (excludes halogenated alkanes) is 1. The third-order valence-electron chi connectivity index (χ3n) is 5.16. The van der Waals surface area contributed by atoms with Crippen LogP contribution in [0, 0.1) is 11.8 Å². The van der Waals surface area contributed by atoms with Crippen molar-refractivity contribution < 1.29 is 29.5 Å². The molecule has 2 rings (SSSR count). The molecule has 0 unspecified atom stereocenters. The van der Waals surface area contributed by atoms with Gasteiger partial charge in [0.05, 0.1) is 0 Å². The van der Waals surface area contributed by atoms with Gasteiger partial charge >= 0.3 is 5.97 Å². The Morgan fingerprint density at radius 3 is 1.64 bits per heavy atom. The molecule has 36 heavy (non-hydrogen) atoms. The molecule has 0 spiro atoms. The van der Waals surface area contributed by atoms with Crippen molar-refractivity contribution in [1.29, 1.82) is 0 Å². The summed E-state index contributed by atoms with van der Waals surface area (Å²) in [6.45, 7) is 0.278. The van der Waals surface area contributed by atoms with Crippen LogP contribution in [-0.2, 0) is 9.59 Å². The monoisotopic (exact) mass is 495 g/mol. The number of nitrogens with two attached hydrogens (primary N) is 2. The number of amides is 3. The van der Waals surface area contributed by atoms with Gasteiger partial charge in [-0.3, -0.25) is 19.6 Å². The third kappa shape index (κ3) is 8.52. The van der Waals surface area contributed by atoms with E-state index in [0.29, 0.717) is 42.5 Å². The van der Waals surface area contributed by atoms with Crippen molar-refractivity contribution in [2.45, 2.75) is 31.3 Å². The molecule has 2 atom stereocenters. The predicted molar refractivity (Wildman–Crippen MR) is 131 cm³/mol. The first-order valence-corrected chi connectivity index (χ1v) is 11.2. The Bertz CT molecular complexity index is 1120. The Morgan fingerprint density at radius 1 is 0.778 bits per heavy atom. The average Bonchev–Trinajstić information content (AvgIpc) is 2.89. The number of carbonyl (C=O) groups is 4. The second-order valence-corrected chi connectivity index (χ2v) is 7.79. The molecule has 0 bridgehead atoms. The number of hydroxylamine groups is 1. The number of aliphatic carboxylic acids is 1. The maximum absolute atomic E-state index is 12.4. The Labute approximate surface area is 208 Å². The summed E-state index contributed by atoms with van der Waals surface area (Å²) in [4.78, 5) is 47.5. The highest BCUT2D eigenvalue weighted by Crippen LogP contribution is 2.08. The molecule has 0 saturated carbocycles. The van der Waals surface area contributed by atoms with E-state index in [0.717, 1.165) is 0 Å². The molecule has 0 fully saturated rings. The SMILES string of the molecule is NCCCC[C@H](NC(=O)c1ccc(C#Cc2ccc(C(=O)N[C@@H](CN)C(=O)NO)cc2)cc1)C(=O)O. The molecule has 190 valence electrons. The van der Waals surface area contributed by atoms with E-state index in [2.05, 4.69) is 22.5 Å². The van der Waals surface area contributed by atoms with Crippen molar-refractivity contribution in [2.24, 2.45) is 11.5 Å². The second kappa shape index (κ2) is 14.2. The van der Waals surface area contributed by atoms with Crippen molar-refractivity contribution in [1.82, 2.24) is 16.1 Å². The van der Waals surface area contributed by atoms with E-state index in [1.54, 1.807) is 36.4 Å². The third-order valence-corrected chi connectivity index (χ3v) is 5.16. The summed E-state index contributed by atoms with van der Waals surface area (Å²) >= 11 is 0. The molecule has 0 aliphatic carbocycles. The number of rotatable bonds is 11. The smallest absolute Gasteiger partial charge is 0.326 e. The molecular formula is C25H29N5O6. The van der Waals surface area contributed by atoms with Crippen LogP contribution in [0.3, 0.4) is 0 Å². The number of nitrogens with one attached hydrogen (secondary N) is 3. The topological polar surface area (TPSA) is 197 Å². The Morgan fingerprint density at radius 2 is 1.25 bits per heavy atom. The van der Waals surface area contributed by atoms with Gasteiger partial charge in [0.1, 0.15) is 12.1 Å². The molecule has 3 amide bonds. The van der Waals surface area contributed by atoms with Gasteiger partial charge in [-0.2, -0.15) is 0 Å². The molecule has 0 aromatic heterocycles.